The van der Waals surface area contributed by atoms with E-state index in [-0.39, 0.29) is 18.3 Å². The molecule has 0 bridgehead atoms. The van der Waals surface area contributed by atoms with Crippen LogP contribution in [0.5, 0.6) is 0 Å². The molecule has 1 aliphatic rings. The maximum atomic E-state index is 12.0. The van der Waals surface area contributed by atoms with Crippen molar-refractivity contribution >= 4 is 29.7 Å². The van der Waals surface area contributed by atoms with Gasteiger partial charge in [-0.1, -0.05) is 19.8 Å². The Morgan fingerprint density at radius 1 is 1.58 bits per heavy atom. The third-order valence-electron chi connectivity index (χ3n) is 3.41. The average Bonchev–Trinajstić information content (AvgIpc) is 2.78. The van der Waals surface area contributed by atoms with Crippen LogP contribution in [0.1, 0.15) is 48.1 Å². The fourth-order valence-electron chi connectivity index (χ4n) is 2.48. The molecule has 6 heteroatoms. The number of carbonyl (C=O) groups excluding carboxylic acids is 1. The van der Waals surface area contributed by atoms with E-state index in [1.165, 1.54) is 24.2 Å². The number of halogens is 1. The zero-order chi connectivity index (χ0) is 13.0. The first-order chi connectivity index (χ1) is 8.69. The molecule has 108 valence electrons. The van der Waals surface area contributed by atoms with Crippen LogP contribution in [0.15, 0.2) is 5.38 Å². The van der Waals surface area contributed by atoms with Gasteiger partial charge in [-0.2, -0.15) is 0 Å². The summed E-state index contributed by atoms with van der Waals surface area (Å²) in [6.45, 7) is 2.83. The van der Waals surface area contributed by atoms with Gasteiger partial charge in [0.05, 0.1) is 5.01 Å². The van der Waals surface area contributed by atoms with Gasteiger partial charge in [0.2, 0.25) is 0 Å². The van der Waals surface area contributed by atoms with Gasteiger partial charge in [-0.15, -0.1) is 23.7 Å². The third-order valence-corrected chi connectivity index (χ3v) is 4.32. The predicted molar refractivity (Wildman–Crippen MR) is 81.0 cm³/mol. The van der Waals surface area contributed by atoms with Crippen LogP contribution < -0.4 is 11.1 Å². The molecule has 1 aliphatic carbocycles. The molecule has 4 nitrogen and oxygen atoms in total. The number of hydrogen-bond acceptors (Lipinski definition) is 4. The van der Waals surface area contributed by atoms with E-state index in [4.69, 9.17) is 5.73 Å². The minimum Gasteiger partial charge on any atom is -0.348 e. The van der Waals surface area contributed by atoms with Gasteiger partial charge in [-0.05, 0) is 25.3 Å². The van der Waals surface area contributed by atoms with Crippen molar-refractivity contribution in [2.24, 2.45) is 11.7 Å². The lowest BCUT2D eigenvalue weighted by Gasteiger charge is -2.27. The molecule has 19 heavy (non-hydrogen) atoms. The Hall–Kier alpha value is -0.650. The SMILES string of the molecule is CC1CCCC(NC(=O)c2csc(CCN)n2)C1.Cl. The number of rotatable bonds is 4. The van der Waals surface area contributed by atoms with Crippen molar-refractivity contribution in [3.05, 3.63) is 16.1 Å². The maximum absolute atomic E-state index is 12.0. The Kier molecular flexibility index (Phi) is 6.75. The van der Waals surface area contributed by atoms with Crippen LogP contribution >= 0.6 is 23.7 Å². The summed E-state index contributed by atoms with van der Waals surface area (Å²) < 4.78 is 0. The fourth-order valence-corrected chi connectivity index (χ4v) is 3.27. The third kappa shape index (κ3) is 4.75. The van der Waals surface area contributed by atoms with E-state index in [2.05, 4.69) is 17.2 Å². The molecule has 2 rings (SSSR count). The van der Waals surface area contributed by atoms with E-state index >= 15 is 0 Å². The lowest BCUT2D eigenvalue weighted by Crippen LogP contribution is -2.38. The van der Waals surface area contributed by atoms with Crippen LogP contribution in [-0.2, 0) is 6.42 Å². The van der Waals surface area contributed by atoms with Crippen LogP contribution in [0.2, 0.25) is 0 Å². The Labute approximate surface area is 124 Å². The first-order valence-corrected chi connectivity index (χ1v) is 7.52. The summed E-state index contributed by atoms with van der Waals surface area (Å²) in [7, 11) is 0. The number of nitrogens with zero attached hydrogens (tertiary/aromatic N) is 1. The molecule has 0 radical (unpaired) electrons. The molecule has 1 fully saturated rings. The number of aromatic nitrogens is 1. The van der Waals surface area contributed by atoms with Gasteiger partial charge < -0.3 is 11.1 Å². The topological polar surface area (TPSA) is 68.0 Å². The normalized spacial score (nSPS) is 22.6. The number of nitrogens with two attached hydrogens (primary N) is 1. The summed E-state index contributed by atoms with van der Waals surface area (Å²) in [4.78, 5) is 16.3. The quantitative estimate of drug-likeness (QED) is 0.897. The Bertz CT molecular complexity index is 410. The van der Waals surface area contributed by atoms with Crippen molar-refractivity contribution in [1.82, 2.24) is 10.3 Å². The summed E-state index contributed by atoms with van der Waals surface area (Å²) in [5.41, 5.74) is 6.02. The summed E-state index contributed by atoms with van der Waals surface area (Å²) >= 11 is 1.51. The van der Waals surface area contributed by atoms with Crippen molar-refractivity contribution in [3.8, 4) is 0 Å². The number of carbonyl (C=O) groups is 1. The smallest absolute Gasteiger partial charge is 0.270 e. The molecule has 0 aliphatic heterocycles. The summed E-state index contributed by atoms with van der Waals surface area (Å²) in [6.07, 6.45) is 5.42. The summed E-state index contributed by atoms with van der Waals surface area (Å²) in [5, 5.41) is 5.87. The van der Waals surface area contributed by atoms with Crippen LogP contribution in [0, 0.1) is 5.92 Å². The Balaban J connectivity index is 0.00000180. The molecule has 1 amide bonds. The second kappa shape index (κ2) is 7.82. The average molecular weight is 304 g/mol. The second-order valence-corrected chi connectivity index (χ2v) is 6.05. The van der Waals surface area contributed by atoms with Gasteiger partial charge >= 0.3 is 0 Å². The first-order valence-electron chi connectivity index (χ1n) is 6.64. The van der Waals surface area contributed by atoms with Crippen molar-refractivity contribution in [1.29, 1.82) is 0 Å². The fraction of sp³-hybridized carbons (Fsp3) is 0.692. The van der Waals surface area contributed by atoms with Crippen LogP contribution in [-0.4, -0.2) is 23.5 Å². The van der Waals surface area contributed by atoms with Gasteiger partial charge in [-0.3, -0.25) is 4.79 Å². The van der Waals surface area contributed by atoms with E-state index in [0.29, 0.717) is 24.2 Å². The molecule has 0 aromatic carbocycles. The highest BCUT2D eigenvalue weighted by Crippen LogP contribution is 2.23. The van der Waals surface area contributed by atoms with E-state index in [9.17, 15) is 4.79 Å². The predicted octanol–water partition coefficient (Wildman–Crippen LogP) is 2.37. The monoisotopic (exact) mass is 303 g/mol. The molecular weight excluding hydrogens is 282 g/mol. The number of hydrogen-bond donors (Lipinski definition) is 2. The molecule has 1 heterocycles. The standard InChI is InChI=1S/C13H21N3OS.ClH/c1-9-3-2-4-10(7-9)15-13(17)11-8-18-12(16-11)5-6-14;/h8-10H,2-7,14H2,1H3,(H,15,17);1H. The first kappa shape index (κ1) is 16.4. The van der Waals surface area contributed by atoms with Gasteiger partial charge in [-0.25, -0.2) is 4.98 Å². The lowest BCUT2D eigenvalue weighted by atomic mass is 9.87. The van der Waals surface area contributed by atoms with E-state index in [1.807, 2.05) is 5.38 Å². The molecular formula is C13H22ClN3OS. The van der Waals surface area contributed by atoms with E-state index in [0.717, 1.165) is 24.3 Å². The summed E-state index contributed by atoms with van der Waals surface area (Å²) in [5.74, 6) is 0.681. The van der Waals surface area contributed by atoms with Crippen molar-refractivity contribution in [2.75, 3.05) is 6.54 Å². The molecule has 0 spiro atoms. The van der Waals surface area contributed by atoms with Crippen molar-refractivity contribution < 1.29 is 4.79 Å². The van der Waals surface area contributed by atoms with Gasteiger partial charge in [0.15, 0.2) is 0 Å². The summed E-state index contributed by atoms with van der Waals surface area (Å²) in [6, 6.07) is 0.320. The molecule has 3 N–H and O–H groups in total. The highest BCUT2D eigenvalue weighted by atomic mass is 35.5. The minimum atomic E-state index is -0.0337. The van der Waals surface area contributed by atoms with Crippen molar-refractivity contribution in [3.63, 3.8) is 0 Å². The van der Waals surface area contributed by atoms with Gasteiger partial charge in [0, 0.05) is 17.8 Å². The number of thiazole rings is 1. The van der Waals surface area contributed by atoms with Crippen LogP contribution in [0.25, 0.3) is 0 Å². The number of amides is 1. The van der Waals surface area contributed by atoms with Crippen LogP contribution in [0.3, 0.4) is 0 Å². The molecule has 2 unspecified atom stereocenters. The largest absolute Gasteiger partial charge is 0.348 e. The highest BCUT2D eigenvalue weighted by Gasteiger charge is 2.21. The maximum Gasteiger partial charge on any atom is 0.270 e. The van der Waals surface area contributed by atoms with E-state index < -0.39 is 0 Å². The molecule has 0 saturated heterocycles. The molecule has 1 saturated carbocycles. The van der Waals surface area contributed by atoms with Crippen LogP contribution in [0.4, 0.5) is 0 Å². The zero-order valence-corrected chi connectivity index (χ0v) is 12.9. The Morgan fingerprint density at radius 2 is 2.37 bits per heavy atom. The zero-order valence-electron chi connectivity index (χ0n) is 11.2. The van der Waals surface area contributed by atoms with Crippen molar-refractivity contribution in [2.45, 2.75) is 45.1 Å². The molecule has 1 aromatic heterocycles. The van der Waals surface area contributed by atoms with Gasteiger partial charge in [0.1, 0.15) is 5.69 Å². The second-order valence-electron chi connectivity index (χ2n) is 5.11. The minimum absolute atomic E-state index is 0. The Morgan fingerprint density at radius 3 is 3.05 bits per heavy atom. The number of nitrogens with one attached hydrogen (secondary N) is 1. The van der Waals surface area contributed by atoms with E-state index in [1.54, 1.807) is 0 Å². The van der Waals surface area contributed by atoms with Gasteiger partial charge in [0.25, 0.3) is 5.91 Å². The lowest BCUT2D eigenvalue weighted by molar-refractivity contribution is 0.0917. The highest BCUT2D eigenvalue weighted by molar-refractivity contribution is 7.09. The molecule has 2 atom stereocenters. The molecule has 1 aromatic rings.